The molecule has 1 aromatic carbocycles. The zero-order valence-corrected chi connectivity index (χ0v) is 12.8. The van der Waals surface area contributed by atoms with Gasteiger partial charge in [0, 0.05) is 19.0 Å². The average Bonchev–Trinajstić information content (AvgIpc) is 2.95. The van der Waals surface area contributed by atoms with Crippen molar-refractivity contribution in [3.63, 3.8) is 0 Å². The second kappa shape index (κ2) is 5.00. The smallest absolute Gasteiger partial charge is 0.410 e. The number of fused-ring (bicyclic) bond motifs is 1. The Morgan fingerprint density at radius 3 is 2.76 bits per heavy atom. The highest BCUT2D eigenvalue weighted by Crippen LogP contribution is 2.40. The van der Waals surface area contributed by atoms with E-state index in [0.717, 1.165) is 5.56 Å². The highest BCUT2D eigenvalue weighted by atomic mass is 16.7. The minimum atomic E-state index is -0.474. The van der Waals surface area contributed by atoms with E-state index in [4.69, 9.17) is 9.57 Å². The van der Waals surface area contributed by atoms with Crippen LogP contribution in [0.25, 0.3) is 0 Å². The van der Waals surface area contributed by atoms with E-state index in [0.29, 0.717) is 19.7 Å². The van der Waals surface area contributed by atoms with Crippen molar-refractivity contribution in [3.8, 4) is 0 Å². The van der Waals surface area contributed by atoms with Gasteiger partial charge in [0.25, 0.3) is 0 Å². The molecule has 0 aliphatic carbocycles. The van der Waals surface area contributed by atoms with Gasteiger partial charge in [-0.2, -0.15) is 5.48 Å². The van der Waals surface area contributed by atoms with Crippen LogP contribution in [0, 0.1) is 5.92 Å². The Morgan fingerprint density at radius 1 is 1.38 bits per heavy atom. The Morgan fingerprint density at radius 2 is 2.10 bits per heavy atom. The number of hydroxylamine groups is 1. The third kappa shape index (κ3) is 2.63. The first-order valence-corrected chi connectivity index (χ1v) is 7.33. The summed E-state index contributed by atoms with van der Waals surface area (Å²) in [7, 11) is 0. The maximum atomic E-state index is 12.3. The number of hydrogen-bond acceptors (Lipinski definition) is 4. The Hall–Kier alpha value is -1.59. The number of carbonyl (C=O) groups is 1. The van der Waals surface area contributed by atoms with Gasteiger partial charge < -0.3 is 14.5 Å². The summed E-state index contributed by atoms with van der Waals surface area (Å²) in [5.41, 5.74) is 3.50. The van der Waals surface area contributed by atoms with Gasteiger partial charge in [0.05, 0.1) is 12.1 Å². The van der Waals surface area contributed by atoms with Crippen LogP contribution in [0.15, 0.2) is 30.3 Å². The molecule has 0 bridgehead atoms. The van der Waals surface area contributed by atoms with Crippen molar-refractivity contribution in [1.82, 2.24) is 10.4 Å². The van der Waals surface area contributed by atoms with Crippen LogP contribution in [-0.2, 0) is 15.1 Å². The molecular formula is C16H22N2O3. The van der Waals surface area contributed by atoms with E-state index in [1.807, 2.05) is 39.0 Å². The molecule has 2 aliphatic heterocycles. The maximum absolute atomic E-state index is 12.3. The Labute approximate surface area is 125 Å². The molecule has 5 heteroatoms. The van der Waals surface area contributed by atoms with Crippen LogP contribution in [0.4, 0.5) is 4.79 Å². The van der Waals surface area contributed by atoms with E-state index in [9.17, 15) is 4.79 Å². The van der Waals surface area contributed by atoms with Crippen LogP contribution >= 0.6 is 0 Å². The van der Waals surface area contributed by atoms with E-state index >= 15 is 0 Å². The largest absolute Gasteiger partial charge is 0.444 e. The van der Waals surface area contributed by atoms with Crippen LogP contribution < -0.4 is 5.48 Å². The summed E-state index contributed by atoms with van der Waals surface area (Å²) < 4.78 is 5.49. The maximum Gasteiger partial charge on any atom is 0.410 e. The second-order valence-electron chi connectivity index (χ2n) is 6.81. The van der Waals surface area contributed by atoms with Gasteiger partial charge in [0.15, 0.2) is 0 Å². The molecule has 5 nitrogen and oxygen atoms in total. The normalized spacial score (nSPS) is 28.5. The number of benzene rings is 1. The summed E-state index contributed by atoms with van der Waals surface area (Å²) in [5.74, 6) is 0.243. The van der Waals surface area contributed by atoms with Gasteiger partial charge in [0.1, 0.15) is 5.60 Å². The standard InChI is InChI=1S/C16H22N2O3/c1-15(2,3)21-14(19)18-9-13-10-20-17-16(13,11-18)12-7-5-4-6-8-12/h4-8,13,17H,9-11H2,1-3H3. The number of ether oxygens (including phenoxy) is 1. The number of nitrogens with one attached hydrogen (secondary N) is 1. The molecule has 2 fully saturated rings. The minimum Gasteiger partial charge on any atom is -0.444 e. The van der Waals surface area contributed by atoms with E-state index in [2.05, 4.69) is 17.6 Å². The van der Waals surface area contributed by atoms with Crippen molar-refractivity contribution >= 4 is 6.09 Å². The molecule has 0 spiro atoms. The summed E-state index contributed by atoms with van der Waals surface area (Å²) in [6.45, 7) is 7.48. The molecule has 0 aromatic heterocycles. The Kier molecular flexibility index (Phi) is 3.42. The van der Waals surface area contributed by atoms with Gasteiger partial charge in [-0.3, -0.25) is 0 Å². The SMILES string of the molecule is CC(C)(C)OC(=O)N1CC2CONC2(c2ccccc2)C1. The summed E-state index contributed by atoms with van der Waals surface area (Å²) in [4.78, 5) is 19.5. The monoisotopic (exact) mass is 290 g/mol. The predicted molar refractivity (Wildman–Crippen MR) is 78.5 cm³/mol. The lowest BCUT2D eigenvalue weighted by Crippen LogP contribution is -2.44. The van der Waals surface area contributed by atoms with Gasteiger partial charge in [-0.1, -0.05) is 30.3 Å². The fourth-order valence-electron chi connectivity index (χ4n) is 3.09. The fourth-order valence-corrected chi connectivity index (χ4v) is 3.09. The first kappa shape index (κ1) is 14.4. The summed E-state index contributed by atoms with van der Waals surface area (Å²) in [6.07, 6.45) is -0.256. The number of amides is 1. The molecule has 2 atom stereocenters. The molecule has 3 rings (SSSR count). The molecule has 2 heterocycles. The predicted octanol–water partition coefficient (Wildman–Crippen LogP) is 2.28. The Bertz CT molecular complexity index is 526. The number of likely N-dealkylation sites (tertiary alicyclic amines) is 1. The van der Waals surface area contributed by atoms with Gasteiger partial charge in [-0.05, 0) is 26.3 Å². The molecule has 114 valence electrons. The molecule has 1 amide bonds. The average molecular weight is 290 g/mol. The van der Waals surface area contributed by atoms with E-state index in [-0.39, 0.29) is 17.6 Å². The minimum absolute atomic E-state index is 0.243. The summed E-state index contributed by atoms with van der Waals surface area (Å²) >= 11 is 0. The first-order valence-electron chi connectivity index (χ1n) is 7.33. The van der Waals surface area contributed by atoms with Crippen molar-refractivity contribution in [2.75, 3.05) is 19.7 Å². The van der Waals surface area contributed by atoms with Gasteiger partial charge in [-0.25, -0.2) is 4.79 Å². The molecule has 0 saturated carbocycles. The molecule has 2 saturated heterocycles. The number of carbonyl (C=O) groups excluding carboxylic acids is 1. The van der Waals surface area contributed by atoms with Crippen molar-refractivity contribution in [1.29, 1.82) is 0 Å². The Balaban J connectivity index is 1.81. The van der Waals surface area contributed by atoms with Gasteiger partial charge >= 0.3 is 6.09 Å². The van der Waals surface area contributed by atoms with Crippen LogP contribution in [0.3, 0.4) is 0 Å². The van der Waals surface area contributed by atoms with Crippen LogP contribution in [-0.4, -0.2) is 36.3 Å². The zero-order valence-electron chi connectivity index (χ0n) is 12.8. The van der Waals surface area contributed by atoms with Gasteiger partial charge in [0.2, 0.25) is 0 Å². The number of nitrogens with zero attached hydrogens (tertiary/aromatic N) is 1. The van der Waals surface area contributed by atoms with Crippen LogP contribution in [0.5, 0.6) is 0 Å². The topological polar surface area (TPSA) is 50.8 Å². The summed E-state index contributed by atoms with van der Waals surface area (Å²) in [6, 6.07) is 10.2. The van der Waals surface area contributed by atoms with Crippen LogP contribution in [0.2, 0.25) is 0 Å². The molecular weight excluding hydrogens is 268 g/mol. The second-order valence-corrected chi connectivity index (χ2v) is 6.81. The highest BCUT2D eigenvalue weighted by Gasteiger charge is 2.53. The molecule has 2 aliphatic rings. The highest BCUT2D eigenvalue weighted by molar-refractivity contribution is 5.69. The van der Waals surface area contributed by atoms with E-state index in [1.165, 1.54) is 0 Å². The van der Waals surface area contributed by atoms with E-state index < -0.39 is 5.60 Å². The van der Waals surface area contributed by atoms with Gasteiger partial charge in [-0.15, -0.1) is 0 Å². The fraction of sp³-hybridized carbons (Fsp3) is 0.562. The molecule has 21 heavy (non-hydrogen) atoms. The number of hydrogen-bond donors (Lipinski definition) is 1. The molecule has 1 aromatic rings. The van der Waals surface area contributed by atoms with Crippen molar-refractivity contribution < 1.29 is 14.4 Å². The molecule has 2 unspecified atom stereocenters. The van der Waals surface area contributed by atoms with Crippen molar-refractivity contribution in [2.24, 2.45) is 5.92 Å². The molecule has 0 radical (unpaired) electrons. The summed E-state index contributed by atoms with van der Waals surface area (Å²) in [5, 5.41) is 0. The lowest BCUT2D eigenvalue weighted by Gasteiger charge is -2.29. The van der Waals surface area contributed by atoms with E-state index in [1.54, 1.807) is 4.90 Å². The number of rotatable bonds is 1. The van der Waals surface area contributed by atoms with Crippen molar-refractivity contribution in [3.05, 3.63) is 35.9 Å². The molecule has 1 N–H and O–H groups in total. The third-order valence-corrected chi connectivity index (χ3v) is 4.06. The quantitative estimate of drug-likeness (QED) is 0.862. The lowest BCUT2D eigenvalue weighted by atomic mass is 9.83. The third-order valence-electron chi connectivity index (χ3n) is 4.06. The van der Waals surface area contributed by atoms with Crippen molar-refractivity contribution in [2.45, 2.75) is 31.9 Å². The lowest BCUT2D eigenvalue weighted by molar-refractivity contribution is 0.0152. The first-order chi connectivity index (χ1) is 9.91. The zero-order chi connectivity index (χ0) is 15.1. The van der Waals surface area contributed by atoms with Crippen LogP contribution in [0.1, 0.15) is 26.3 Å².